The van der Waals surface area contributed by atoms with Crippen molar-refractivity contribution in [2.45, 2.75) is 0 Å². The van der Waals surface area contributed by atoms with Crippen molar-refractivity contribution in [3.8, 4) is 0 Å². The van der Waals surface area contributed by atoms with E-state index in [0.717, 1.165) is 20.9 Å². The molecule has 0 bridgehead atoms. The molecule has 0 aliphatic heterocycles. The van der Waals surface area contributed by atoms with E-state index in [0.29, 0.717) is 0 Å². The fourth-order valence-electron chi connectivity index (χ4n) is 2.53. The molecule has 0 aliphatic rings. The molecule has 4 rings (SSSR count). The first-order valence-corrected chi connectivity index (χ1v) is 12.0. The lowest BCUT2D eigenvalue weighted by Gasteiger charge is -1.95. The molecule has 0 unspecified atom stereocenters. The van der Waals surface area contributed by atoms with Crippen molar-refractivity contribution in [3.63, 3.8) is 0 Å². The topological polar surface area (TPSA) is 34.1 Å². The van der Waals surface area contributed by atoms with Crippen molar-refractivity contribution in [1.82, 2.24) is 0 Å². The van der Waals surface area contributed by atoms with Gasteiger partial charge in [0.1, 0.15) is 0 Å². The molecule has 27 heavy (non-hydrogen) atoms. The van der Waals surface area contributed by atoms with E-state index in [4.69, 9.17) is 0 Å². The zero-order valence-corrected chi connectivity index (χ0v) is 17.9. The second-order valence-electron chi connectivity index (χ2n) is 5.69. The highest BCUT2D eigenvalue weighted by Crippen LogP contribution is 2.17. The van der Waals surface area contributed by atoms with Crippen molar-refractivity contribution >= 4 is 34.2 Å². The van der Waals surface area contributed by atoms with Crippen LogP contribution in [0.25, 0.3) is 0 Å². The number of rotatable bonds is 6. The van der Waals surface area contributed by atoms with Crippen LogP contribution in [0.4, 0.5) is 0 Å². The Hall–Kier alpha value is -2.09. The molecule has 2 aromatic carbocycles. The summed E-state index contributed by atoms with van der Waals surface area (Å²) < 4.78 is 2.46. The predicted molar refractivity (Wildman–Crippen MR) is 106 cm³/mol. The van der Waals surface area contributed by atoms with Gasteiger partial charge in [-0.3, -0.25) is 9.59 Å². The lowest BCUT2D eigenvalue weighted by atomic mass is 10.1. The highest BCUT2D eigenvalue weighted by atomic mass is 127. The maximum Gasteiger partial charge on any atom is 0.381 e. The molecule has 0 spiro atoms. The normalized spacial score (nSPS) is 10.7. The Balaban J connectivity index is 1.48. The number of halogens is 1. The molecule has 2 heterocycles. The number of benzene rings is 2. The monoisotopic (exact) mass is 501 g/mol. The summed E-state index contributed by atoms with van der Waals surface area (Å²) in [6.45, 7) is 0. The van der Waals surface area contributed by atoms with Gasteiger partial charge in [0.15, 0.2) is 0 Å². The molecular formula is C22H14IO2S2+. The molecule has 0 fully saturated rings. The predicted octanol–water partition coefficient (Wildman–Crippen LogP) is 2.40. The maximum atomic E-state index is 12.5. The van der Waals surface area contributed by atoms with E-state index in [9.17, 15) is 9.59 Å². The summed E-state index contributed by atoms with van der Waals surface area (Å²) in [5.41, 5.74) is 1.44. The first-order chi connectivity index (χ1) is 13.2. The Labute approximate surface area is 175 Å². The van der Waals surface area contributed by atoms with Gasteiger partial charge < -0.3 is 0 Å². The Morgan fingerprint density at radius 3 is 1.37 bits per heavy atom. The van der Waals surface area contributed by atoms with Gasteiger partial charge in [0, 0.05) is 23.3 Å². The number of carbonyl (C=O) groups is 2. The molecule has 5 heteroatoms. The molecule has 0 saturated heterocycles. The standard InChI is InChI=1S/C22H14IO2S2/c24-21(15-7-3-1-4-8-15)17-11-13-19(26-17)23-20-14-12-18(27-20)22(25)16-9-5-2-6-10-16/h1-14H/q+1. The highest BCUT2D eigenvalue weighted by Gasteiger charge is 2.24. The third-order valence-corrected chi connectivity index (χ3v) is 9.74. The van der Waals surface area contributed by atoms with Crippen molar-refractivity contribution in [2.75, 3.05) is 0 Å². The van der Waals surface area contributed by atoms with E-state index < -0.39 is 0 Å². The Morgan fingerprint density at radius 2 is 0.963 bits per heavy atom. The van der Waals surface area contributed by atoms with Crippen LogP contribution in [0.5, 0.6) is 0 Å². The van der Waals surface area contributed by atoms with E-state index in [1.54, 1.807) is 22.7 Å². The summed E-state index contributed by atoms with van der Waals surface area (Å²) in [6.07, 6.45) is 0. The zero-order valence-electron chi connectivity index (χ0n) is 14.1. The number of carbonyl (C=O) groups excluding carboxylic acids is 2. The van der Waals surface area contributed by atoms with Crippen molar-refractivity contribution < 1.29 is 30.8 Å². The molecule has 0 N–H and O–H groups in total. The Morgan fingerprint density at radius 1 is 0.556 bits per heavy atom. The molecule has 132 valence electrons. The number of hydrogen-bond donors (Lipinski definition) is 0. The smallest absolute Gasteiger partial charge is 0.288 e. The molecule has 2 nitrogen and oxygen atoms in total. The van der Waals surface area contributed by atoms with Crippen LogP contribution in [-0.4, -0.2) is 11.6 Å². The van der Waals surface area contributed by atoms with E-state index >= 15 is 0 Å². The minimum absolute atomic E-state index is 0.0713. The van der Waals surface area contributed by atoms with Gasteiger partial charge in [0.2, 0.25) is 17.3 Å². The van der Waals surface area contributed by atoms with Crippen LogP contribution < -0.4 is 21.2 Å². The van der Waals surface area contributed by atoms with Crippen LogP contribution in [0, 0.1) is 5.77 Å². The number of hydrogen-bond acceptors (Lipinski definition) is 4. The second kappa shape index (κ2) is 8.29. The summed E-state index contributed by atoms with van der Waals surface area (Å²) in [5, 5.41) is 0. The van der Waals surface area contributed by atoms with Crippen LogP contribution >= 0.6 is 22.7 Å². The van der Waals surface area contributed by atoms with Gasteiger partial charge >= 0.3 is 21.2 Å². The fraction of sp³-hybridized carbons (Fsp3) is 0. The molecule has 2 aromatic heterocycles. The second-order valence-corrected chi connectivity index (χ2v) is 12.2. The molecule has 0 radical (unpaired) electrons. The third-order valence-electron chi connectivity index (χ3n) is 3.85. The van der Waals surface area contributed by atoms with E-state index in [1.165, 1.54) is 5.77 Å². The van der Waals surface area contributed by atoms with Crippen LogP contribution in [-0.2, 0) is 0 Å². The lowest BCUT2D eigenvalue weighted by molar-refractivity contribution is -0.585. The maximum absolute atomic E-state index is 12.5. The van der Waals surface area contributed by atoms with Gasteiger partial charge in [-0.15, -0.1) is 0 Å². The summed E-state index contributed by atoms with van der Waals surface area (Å²) in [4.78, 5) is 26.6. The first-order valence-electron chi connectivity index (χ1n) is 8.25. The Bertz CT molecular complexity index is 994. The largest absolute Gasteiger partial charge is 0.381 e. The van der Waals surface area contributed by atoms with Crippen LogP contribution in [0.2, 0.25) is 0 Å². The molecular weight excluding hydrogens is 487 g/mol. The van der Waals surface area contributed by atoms with Gasteiger partial charge in [0.05, 0.1) is 9.75 Å². The summed E-state index contributed by atoms with van der Waals surface area (Å²) in [5.74, 6) is 0.143. The van der Waals surface area contributed by atoms with Crippen LogP contribution in [0.3, 0.4) is 0 Å². The average molecular weight is 501 g/mol. The van der Waals surface area contributed by atoms with Crippen molar-refractivity contribution in [1.29, 1.82) is 0 Å². The quantitative estimate of drug-likeness (QED) is 0.301. The summed E-state index contributed by atoms with van der Waals surface area (Å²) in [6, 6.07) is 26.6. The lowest BCUT2D eigenvalue weighted by Crippen LogP contribution is -3.61. The van der Waals surface area contributed by atoms with Crippen LogP contribution in [0.1, 0.15) is 30.5 Å². The van der Waals surface area contributed by atoms with E-state index in [-0.39, 0.29) is 32.8 Å². The van der Waals surface area contributed by atoms with Gasteiger partial charge in [-0.05, 0) is 12.1 Å². The van der Waals surface area contributed by atoms with Crippen molar-refractivity contribution in [2.24, 2.45) is 0 Å². The third kappa shape index (κ3) is 4.26. The molecule has 0 atom stereocenters. The van der Waals surface area contributed by atoms with Gasteiger partial charge in [-0.25, -0.2) is 0 Å². The number of ketones is 2. The summed E-state index contributed by atoms with van der Waals surface area (Å²) in [7, 11) is 0. The van der Waals surface area contributed by atoms with E-state index in [1.807, 2.05) is 84.9 Å². The molecule has 0 aliphatic carbocycles. The zero-order chi connectivity index (χ0) is 18.6. The van der Waals surface area contributed by atoms with Crippen LogP contribution in [0.15, 0.2) is 84.9 Å². The first kappa shape index (κ1) is 18.3. The average Bonchev–Trinajstić information content (AvgIpc) is 3.38. The number of thiophene rings is 2. The van der Waals surface area contributed by atoms with Gasteiger partial charge in [-0.1, -0.05) is 83.3 Å². The SMILES string of the molecule is O=C(c1ccccc1)c1ccc([I+]c2ccc(C(=O)c3ccccc3)s2)s1. The summed E-state index contributed by atoms with van der Waals surface area (Å²) >= 11 is 2.74. The van der Waals surface area contributed by atoms with Gasteiger partial charge in [-0.2, -0.15) is 0 Å². The van der Waals surface area contributed by atoms with Gasteiger partial charge in [0.25, 0.3) is 0 Å². The molecule has 0 saturated carbocycles. The Kier molecular flexibility index (Phi) is 5.61. The minimum atomic E-state index is -0.388. The van der Waals surface area contributed by atoms with E-state index in [2.05, 4.69) is 0 Å². The van der Waals surface area contributed by atoms with Crippen molar-refractivity contribution in [3.05, 3.63) is 112 Å². The minimum Gasteiger partial charge on any atom is -0.288 e. The molecule has 0 amide bonds. The fourth-order valence-corrected chi connectivity index (χ4v) is 8.76. The molecule has 4 aromatic rings. The highest BCUT2D eigenvalue weighted by molar-refractivity contribution is 7.12.